The van der Waals surface area contributed by atoms with E-state index in [-0.39, 0.29) is 12.1 Å². The number of hydrogen-bond donors (Lipinski definition) is 2. The molecule has 0 aromatic heterocycles. The second kappa shape index (κ2) is 13.3. The van der Waals surface area contributed by atoms with Crippen molar-refractivity contribution < 1.29 is 0 Å². The summed E-state index contributed by atoms with van der Waals surface area (Å²) in [5, 5.41) is 6.94. The number of anilines is 1. The summed E-state index contributed by atoms with van der Waals surface area (Å²) in [6.07, 6.45) is 10.1. The summed E-state index contributed by atoms with van der Waals surface area (Å²) in [5.74, 6) is 5.80. The summed E-state index contributed by atoms with van der Waals surface area (Å²) in [7, 11) is 0. The Balaban J connectivity index is 1.70. The highest BCUT2D eigenvalue weighted by Crippen LogP contribution is 2.22. The van der Waals surface area contributed by atoms with Crippen molar-refractivity contribution in [2.75, 3.05) is 5.01 Å². The van der Waals surface area contributed by atoms with Crippen LogP contribution in [0.25, 0.3) is 0 Å². The number of rotatable bonds is 11. The molecule has 0 saturated heterocycles. The van der Waals surface area contributed by atoms with Crippen molar-refractivity contribution in [2.24, 2.45) is 10.9 Å². The van der Waals surface area contributed by atoms with Gasteiger partial charge in [-0.15, -0.1) is 0 Å². The van der Waals surface area contributed by atoms with Crippen molar-refractivity contribution in [3.8, 4) is 0 Å². The molecule has 4 nitrogen and oxygen atoms in total. The fourth-order valence-electron chi connectivity index (χ4n) is 3.79. The fourth-order valence-corrected chi connectivity index (χ4v) is 3.79. The zero-order valence-electron chi connectivity index (χ0n) is 20.4. The van der Waals surface area contributed by atoms with E-state index < -0.39 is 0 Å². The van der Waals surface area contributed by atoms with E-state index in [2.05, 4.69) is 85.0 Å². The van der Waals surface area contributed by atoms with Crippen molar-refractivity contribution in [3.63, 3.8) is 0 Å². The Hall–Kier alpha value is -3.47. The van der Waals surface area contributed by atoms with E-state index in [0.29, 0.717) is 0 Å². The molecular weight excluding hydrogens is 416 g/mol. The third-order valence-corrected chi connectivity index (χ3v) is 6.03. The molecular formula is C30H36N4. The monoisotopic (exact) mass is 452 g/mol. The second-order valence-electron chi connectivity index (χ2n) is 8.45. The number of nitrogens with two attached hydrogens (primary N) is 1. The van der Waals surface area contributed by atoms with Gasteiger partial charge in [-0.2, -0.15) is 5.10 Å². The molecule has 0 heterocycles. The van der Waals surface area contributed by atoms with E-state index in [4.69, 9.17) is 10.9 Å². The molecule has 0 aliphatic heterocycles. The van der Waals surface area contributed by atoms with E-state index in [1.165, 1.54) is 16.7 Å². The molecule has 0 bridgehead atoms. The lowest BCUT2D eigenvalue weighted by atomic mass is 9.99. The third kappa shape index (κ3) is 7.27. The van der Waals surface area contributed by atoms with Gasteiger partial charge < -0.3 is 0 Å². The topological polar surface area (TPSA) is 53.6 Å². The summed E-state index contributed by atoms with van der Waals surface area (Å²) in [5.41, 5.74) is 8.83. The highest BCUT2D eigenvalue weighted by atomic mass is 15.5. The number of hydrazone groups is 1. The fraction of sp³-hybridized carbons (Fsp3) is 0.233. The maximum absolute atomic E-state index is 5.80. The first-order valence-corrected chi connectivity index (χ1v) is 11.9. The van der Waals surface area contributed by atoms with Crippen molar-refractivity contribution in [1.29, 1.82) is 0 Å². The average molecular weight is 453 g/mol. The van der Waals surface area contributed by atoms with Crippen LogP contribution in [0, 0.1) is 0 Å². The molecule has 3 aromatic carbocycles. The molecule has 0 spiro atoms. The van der Waals surface area contributed by atoms with Gasteiger partial charge in [0.25, 0.3) is 0 Å². The summed E-state index contributed by atoms with van der Waals surface area (Å²) in [6, 6.07) is 29.5. The van der Waals surface area contributed by atoms with Crippen LogP contribution in [0.15, 0.2) is 114 Å². The lowest BCUT2D eigenvalue weighted by Gasteiger charge is -2.27. The van der Waals surface area contributed by atoms with E-state index in [0.717, 1.165) is 24.1 Å². The van der Waals surface area contributed by atoms with Gasteiger partial charge in [-0.1, -0.05) is 91.0 Å². The smallest absolute Gasteiger partial charge is 0.0707 e. The van der Waals surface area contributed by atoms with Crippen LogP contribution in [0.3, 0.4) is 0 Å². The van der Waals surface area contributed by atoms with Crippen LogP contribution >= 0.6 is 0 Å². The molecule has 3 rings (SSSR count). The predicted molar refractivity (Wildman–Crippen MR) is 146 cm³/mol. The number of aryl methyl sites for hydroxylation is 1. The van der Waals surface area contributed by atoms with E-state index >= 15 is 0 Å². The van der Waals surface area contributed by atoms with Gasteiger partial charge in [0.05, 0.1) is 17.9 Å². The molecule has 3 N–H and O–H groups in total. The lowest BCUT2D eigenvalue weighted by molar-refractivity contribution is 0.516. The molecule has 0 fully saturated rings. The lowest BCUT2D eigenvalue weighted by Crippen LogP contribution is -2.29. The first kappa shape index (κ1) is 25.2. The first-order chi connectivity index (χ1) is 16.6. The second-order valence-corrected chi connectivity index (χ2v) is 8.45. The summed E-state index contributed by atoms with van der Waals surface area (Å²) in [6.45, 7) is 6.35. The van der Waals surface area contributed by atoms with Crippen LogP contribution in [0.5, 0.6) is 0 Å². The van der Waals surface area contributed by atoms with Gasteiger partial charge in [0.1, 0.15) is 0 Å². The molecule has 4 heteroatoms. The number of nitrogens with zero attached hydrogens (tertiary/aromatic N) is 2. The Morgan fingerprint density at radius 2 is 1.62 bits per heavy atom. The Labute approximate surface area is 204 Å². The van der Waals surface area contributed by atoms with Crippen LogP contribution in [0.2, 0.25) is 0 Å². The van der Waals surface area contributed by atoms with E-state index in [9.17, 15) is 0 Å². The number of hydrazine groups is 1. The average Bonchev–Trinajstić information content (AvgIpc) is 2.89. The Kier molecular flexibility index (Phi) is 9.83. The van der Waals surface area contributed by atoms with Gasteiger partial charge in [-0.25, -0.2) is 0 Å². The maximum atomic E-state index is 5.80. The first-order valence-electron chi connectivity index (χ1n) is 11.9. The molecule has 2 atom stereocenters. The van der Waals surface area contributed by atoms with Crippen LogP contribution in [0.1, 0.15) is 49.9 Å². The van der Waals surface area contributed by atoms with Gasteiger partial charge in [-0.3, -0.25) is 16.3 Å². The minimum atomic E-state index is 0.132. The van der Waals surface area contributed by atoms with Crippen LogP contribution in [0.4, 0.5) is 5.69 Å². The number of allylic oxidation sites excluding steroid dienone is 3. The Morgan fingerprint density at radius 3 is 2.24 bits per heavy atom. The number of para-hydroxylation sites is 1. The maximum Gasteiger partial charge on any atom is 0.0707 e. The van der Waals surface area contributed by atoms with Crippen LogP contribution in [-0.4, -0.2) is 12.3 Å². The molecule has 0 amide bonds. The van der Waals surface area contributed by atoms with Gasteiger partial charge in [0.15, 0.2) is 0 Å². The van der Waals surface area contributed by atoms with Crippen molar-refractivity contribution in [2.45, 2.75) is 45.7 Å². The zero-order chi connectivity index (χ0) is 24.2. The summed E-state index contributed by atoms with van der Waals surface area (Å²) in [4.78, 5) is 0. The number of nitrogens with one attached hydrogen (secondary N) is 1. The summed E-state index contributed by atoms with van der Waals surface area (Å²) < 4.78 is 0. The molecule has 0 aliphatic carbocycles. The van der Waals surface area contributed by atoms with Gasteiger partial charge in [0, 0.05) is 6.04 Å². The summed E-state index contributed by atoms with van der Waals surface area (Å²) >= 11 is 0. The van der Waals surface area contributed by atoms with Crippen LogP contribution < -0.4 is 16.3 Å². The number of hydrogen-bond acceptors (Lipinski definition) is 4. The molecule has 2 unspecified atom stereocenters. The highest BCUT2D eigenvalue weighted by molar-refractivity contribution is 5.80. The van der Waals surface area contributed by atoms with Crippen LogP contribution in [-0.2, 0) is 6.42 Å². The van der Waals surface area contributed by atoms with Crippen molar-refractivity contribution in [1.82, 2.24) is 5.43 Å². The quantitative estimate of drug-likeness (QED) is 0.150. The number of benzene rings is 3. The molecule has 0 radical (unpaired) electrons. The minimum absolute atomic E-state index is 0.132. The largest absolute Gasteiger partial charge is 0.271 e. The van der Waals surface area contributed by atoms with E-state index in [1.54, 1.807) is 0 Å². The standard InChI is InChI=1S/C30H36N4/c1-4-5-12-24(2)25(3)34(29-15-10-7-11-16-29)32-23-27-19-17-26(18-20-27)21-22-30(33-31)28-13-8-6-9-14-28/h4-20,23,25,30,33H,21-22,31H2,1-3H3/b5-4-,24-12+,32-23+. The Morgan fingerprint density at radius 1 is 0.971 bits per heavy atom. The van der Waals surface area contributed by atoms with Gasteiger partial charge in [-0.05, 0) is 68.0 Å². The molecule has 0 aliphatic rings. The minimum Gasteiger partial charge on any atom is -0.271 e. The van der Waals surface area contributed by atoms with Gasteiger partial charge in [0.2, 0.25) is 0 Å². The molecule has 34 heavy (non-hydrogen) atoms. The van der Waals surface area contributed by atoms with E-state index in [1.807, 2.05) is 55.6 Å². The predicted octanol–water partition coefficient (Wildman–Crippen LogP) is 6.58. The molecule has 0 saturated carbocycles. The molecule has 176 valence electrons. The SMILES string of the molecule is C/C=C\C=C(/C)C(C)N(/N=C/c1ccc(CCC(NN)c2ccccc2)cc1)c1ccccc1. The third-order valence-electron chi connectivity index (χ3n) is 6.03. The van der Waals surface area contributed by atoms with Gasteiger partial charge >= 0.3 is 0 Å². The Bertz CT molecular complexity index is 1070. The van der Waals surface area contributed by atoms with Crippen molar-refractivity contribution in [3.05, 3.63) is 125 Å². The zero-order valence-corrected chi connectivity index (χ0v) is 20.4. The highest BCUT2D eigenvalue weighted by Gasteiger charge is 2.15. The van der Waals surface area contributed by atoms with Crippen molar-refractivity contribution >= 4 is 11.9 Å². The normalized spacial score (nSPS) is 13.9. The molecule has 3 aromatic rings.